The van der Waals surface area contributed by atoms with Gasteiger partial charge in [0.15, 0.2) is 15.6 Å². The number of rotatable bonds is 4. The summed E-state index contributed by atoms with van der Waals surface area (Å²) in [5.41, 5.74) is 2.99. The van der Waals surface area contributed by atoms with Crippen LogP contribution in [-0.2, 0) is 14.6 Å². The van der Waals surface area contributed by atoms with Crippen LogP contribution in [0.15, 0.2) is 70.2 Å². The molecular weight excluding hydrogens is 464 g/mol. The Kier molecular flexibility index (Phi) is 6.01. The number of hydrogen-bond acceptors (Lipinski definition) is 5. The zero-order valence-electron chi connectivity index (χ0n) is 19.8. The molecule has 0 saturated heterocycles. The highest BCUT2D eigenvalue weighted by molar-refractivity contribution is 7.90. The molecule has 182 valence electrons. The lowest BCUT2D eigenvalue weighted by molar-refractivity contribution is -0.122. The van der Waals surface area contributed by atoms with Crippen LogP contribution in [0.5, 0.6) is 0 Å². The molecule has 3 aromatic rings. The van der Waals surface area contributed by atoms with Gasteiger partial charge in [0.2, 0.25) is 5.91 Å². The third-order valence-corrected chi connectivity index (χ3v) is 8.08. The zero-order valence-corrected chi connectivity index (χ0v) is 20.6. The van der Waals surface area contributed by atoms with Crippen molar-refractivity contribution < 1.29 is 22.4 Å². The van der Waals surface area contributed by atoms with E-state index >= 15 is 0 Å². The SMILES string of the molecule is CC1CN(C(=O)c2ccco2)c2cc(-c3ccc(S(C)(=O)=O)cc3)ccc2N1C(=O)C1CCCC1. The number of anilines is 2. The van der Waals surface area contributed by atoms with E-state index in [2.05, 4.69) is 0 Å². The zero-order chi connectivity index (χ0) is 24.7. The van der Waals surface area contributed by atoms with Crippen molar-refractivity contribution in [2.24, 2.45) is 5.92 Å². The fourth-order valence-electron chi connectivity index (χ4n) is 5.13. The Balaban J connectivity index is 1.58. The first-order valence-corrected chi connectivity index (χ1v) is 13.8. The lowest BCUT2D eigenvalue weighted by Crippen LogP contribution is -2.53. The molecule has 2 aromatic carbocycles. The molecule has 2 heterocycles. The first-order chi connectivity index (χ1) is 16.7. The van der Waals surface area contributed by atoms with Gasteiger partial charge in [0.05, 0.1) is 28.6 Å². The molecule has 2 aliphatic rings. The second-order valence-electron chi connectivity index (χ2n) is 9.43. The van der Waals surface area contributed by atoms with Crippen LogP contribution in [0.3, 0.4) is 0 Å². The second kappa shape index (κ2) is 9.00. The Morgan fingerprint density at radius 3 is 2.26 bits per heavy atom. The summed E-state index contributed by atoms with van der Waals surface area (Å²) in [5.74, 6) is 0.106. The van der Waals surface area contributed by atoms with Crippen LogP contribution in [0.2, 0.25) is 0 Å². The molecule has 0 bridgehead atoms. The first kappa shape index (κ1) is 23.4. The van der Waals surface area contributed by atoms with Crippen molar-refractivity contribution in [2.75, 3.05) is 22.6 Å². The van der Waals surface area contributed by atoms with E-state index in [-0.39, 0.29) is 34.4 Å². The summed E-state index contributed by atoms with van der Waals surface area (Å²) in [6, 6.07) is 15.5. The number of nitrogens with zero attached hydrogens (tertiary/aromatic N) is 2. The van der Waals surface area contributed by atoms with Gasteiger partial charge < -0.3 is 14.2 Å². The fourth-order valence-corrected chi connectivity index (χ4v) is 5.76. The molecule has 1 unspecified atom stereocenters. The minimum Gasteiger partial charge on any atom is -0.459 e. The van der Waals surface area contributed by atoms with Crippen LogP contribution in [0.4, 0.5) is 11.4 Å². The number of hydrogen-bond donors (Lipinski definition) is 0. The average molecular weight is 493 g/mol. The van der Waals surface area contributed by atoms with E-state index < -0.39 is 9.84 Å². The Labute approximate surface area is 205 Å². The number of benzene rings is 2. The van der Waals surface area contributed by atoms with Crippen LogP contribution >= 0.6 is 0 Å². The molecule has 0 spiro atoms. The van der Waals surface area contributed by atoms with E-state index in [1.807, 2.05) is 30.0 Å². The highest BCUT2D eigenvalue weighted by Crippen LogP contribution is 2.41. The lowest BCUT2D eigenvalue weighted by Gasteiger charge is -2.42. The van der Waals surface area contributed by atoms with E-state index in [1.165, 1.54) is 12.5 Å². The summed E-state index contributed by atoms with van der Waals surface area (Å²) in [7, 11) is -3.30. The molecule has 5 rings (SSSR count). The number of sulfone groups is 1. The van der Waals surface area contributed by atoms with E-state index in [4.69, 9.17) is 4.42 Å². The summed E-state index contributed by atoms with van der Waals surface area (Å²) < 4.78 is 29.1. The van der Waals surface area contributed by atoms with Crippen LogP contribution in [0.25, 0.3) is 11.1 Å². The number of amides is 2. The largest absolute Gasteiger partial charge is 0.459 e. The van der Waals surface area contributed by atoms with Gasteiger partial charge >= 0.3 is 0 Å². The van der Waals surface area contributed by atoms with E-state index in [0.717, 1.165) is 36.8 Å². The van der Waals surface area contributed by atoms with Crippen LogP contribution in [-0.4, -0.2) is 39.1 Å². The molecule has 35 heavy (non-hydrogen) atoms. The van der Waals surface area contributed by atoms with Crippen LogP contribution in [0, 0.1) is 5.92 Å². The number of carbonyl (C=O) groups is 2. The predicted octanol–water partition coefficient (Wildman–Crippen LogP) is 4.92. The van der Waals surface area contributed by atoms with Gasteiger partial charge in [-0.3, -0.25) is 9.59 Å². The van der Waals surface area contributed by atoms with Gasteiger partial charge in [-0.15, -0.1) is 0 Å². The van der Waals surface area contributed by atoms with Crippen molar-refractivity contribution in [3.8, 4) is 11.1 Å². The summed E-state index contributed by atoms with van der Waals surface area (Å²) in [5, 5.41) is 0. The Morgan fingerprint density at radius 2 is 1.63 bits per heavy atom. The lowest BCUT2D eigenvalue weighted by atomic mass is 9.98. The highest BCUT2D eigenvalue weighted by Gasteiger charge is 2.39. The molecule has 1 atom stereocenters. The predicted molar refractivity (Wildman–Crippen MR) is 134 cm³/mol. The van der Waals surface area contributed by atoms with Gasteiger partial charge in [0.25, 0.3) is 5.91 Å². The van der Waals surface area contributed by atoms with Gasteiger partial charge in [-0.2, -0.15) is 0 Å². The molecule has 1 aliphatic heterocycles. The molecule has 2 amide bonds. The number of furan rings is 1. The van der Waals surface area contributed by atoms with E-state index in [1.54, 1.807) is 41.3 Å². The summed E-state index contributed by atoms with van der Waals surface area (Å²) in [6.07, 6.45) is 6.58. The maximum absolute atomic E-state index is 13.5. The van der Waals surface area contributed by atoms with Crippen LogP contribution < -0.4 is 9.80 Å². The summed E-state index contributed by atoms with van der Waals surface area (Å²) >= 11 is 0. The van der Waals surface area contributed by atoms with Crippen molar-refractivity contribution in [3.05, 3.63) is 66.6 Å². The van der Waals surface area contributed by atoms with Crippen molar-refractivity contribution in [1.82, 2.24) is 0 Å². The summed E-state index contributed by atoms with van der Waals surface area (Å²) in [4.78, 5) is 30.7. The van der Waals surface area contributed by atoms with Crippen molar-refractivity contribution in [3.63, 3.8) is 0 Å². The van der Waals surface area contributed by atoms with Crippen molar-refractivity contribution >= 4 is 33.0 Å². The molecule has 0 N–H and O–H groups in total. The van der Waals surface area contributed by atoms with E-state index in [0.29, 0.717) is 17.9 Å². The average Bonchev–Trinajstić information content (AvgIpc) is 3.57. The standard InChI is InChI=1S/C27H28N2O5S/c1-18-17-28(27(31)25-8-5-15-34-25)24-16-21(19-9-12-22(13-10-19)35(2,32)33)11-14-23(24)29(18)26(30)20-6-3-4-7-20/h5,8-16,18,20H,3-4,6-7,17H2,1-2H3. The molecule has 8 heteroatoms. The normalized spacial score (nSPS) is 18.5. The van der Waals surface area contributed by atoms with Gasteiger partial charge in [0.1, 0.15) is 0 Å². The topological polar surface area (TPSA) is 87.9 Å². The maximum atomic E-state index is 13.5. The molecule has 1 aromatic heterocycles. The number of fused-ring (bicyclic) bond motifs is 1. The maximum Gasteiger partial charge on any atom is 0.294 e. The molecule has 1 aliphatic carbocycles. The Morgan fingerprint density at radius 1 is 0.943 bits per heavy atom. The van der Waals surface area contributed by atoms with Crippen LogP contribution in [0.1, 0.15) is 43.2 Å². The molecule has 0 radical (unpaired) electrons. The van der Waals surface area contributed by atoms with E-state index in [9.17, 15) is 18.0 Å². The van der Waals surface area contributed by atoms with Gasteiger partial charge in [-0.25, -0.2) is 8.42 Å². The highest BCUT2D eigenvalue weighted by atomic mass is 32.2. The third-order valence-electron chi connectivity index (χ3n) is 6.95. The van der Waals surface area contributed by atoms with Crippen molar-refractivity contribution in [2.45, 2.75) is 43.5 Å². The first-order valence-electron chi connectivity index (χ1n) is 11.9. The van der Waals surface area contributed by atoms with Crippen molar-refractivity contribution in [1.29, 1.82) is 0 Å². The third kappa shape index (κ3) is 4.38. The number of carbonyl (C=O) groups excluding carboxylic acids is 2. The fraction of sp³-hybridized carbons (Fsp3) is 0.333. The van der Waals surface area contributed by atoms with Gasteiger partial charge in [-0.1, -0.05) is 31.0 Å². The minimum atomic E-state index is -3.30. The molecule has 7 nitrogen and oxygen atoms in total. The van der Waals surface area contributed by atoms with Gasteiger partial charge in [0, 0.05) is 18.7 Å². The Bertz CT molecular complexity index is 1360. The molecule has 1 saturated carbocycles. The summed E-state index contributed by atoms with van der Waals surface area (Å²) in [6.45, 7) is 2.32. The van der Waals surface area contributed by atoms with Gasteiger partial charge in [-0.05, 0) is 67.3 Å². The molecular formula is C27H28N2O5S. The smallest absolute Gasteiger partial charge is 0.294 e. The minimum absolute atomic E-state index is 0.0147. The monoisotopic (exact) mass is 492 g/mol. The quantitative estimate of drug-likeness (QED) is 0.516. The Hall–Kier alpha value is -3.39. The molecule has 1 fully saturated rings. The second-order valence-corrected chi connectivity index (χ2v) is 11.4.